The number of carbonyl (C=O) groups is 1. The van der Waals surface area contributed by atoms with E-state index in [1.165, 1.54) is 0 Å². The summed E-state index contributed by atoms with van der Waals surface area (Å²) in [7, 11) is 0. The second kappa shape index (κ2) is 4.94. The zero-order chi connectivity index (χ0) is 14.8. The Labute approximate surface area is 101 Å². The summed E-state index contributed by atoms with van der Waals surface area (Å²) in [5, 5.41) is 1.08. The Hall–Kier alpha value is -2.00. The SMILES string of the molecule is O=C(Nc1cc(F)ccc1OC(F)(F)F)C(F)(F)F. The van der Waals surface area contributed by atoms with Gasteiger partial charge in [0.1, 0.15) is 5.82 Å². The number of ether oxygens (including phenoxy) is 1. The second-order valence-electron chi connectivity index (χ2n) is 3.14. The van der Waals surface area contributed by atoms with Crippen molar-refractivity contribution in [1.82, 2.24) is 0 Å². The van der Waals surface area contributed by atoms with Gasteiger partial charge in [-0.05, 0) is 12.1 Å². The Morgan fingerprint density at radius 1 is 1.11 bits per heavy atom. The molecule has 0 atom stereocenters. The summed E-state index contributed by atoms with van der Waals surface area (Å²) in [6, 6.07) is 1.24. The minimum absolute atomic E-state index is 0.269. The van der Waals surface area contributed by atoms with Gasteiger partial charge in [-0.15, -0.1) is 13.2 Å². The Kier molecular flexibility index (Phi) is 3.91. The zero-order valence-electron chi connectivity index (χ0n) is 8.69. The van der Waals surface area contributed by atoms with Gasteiger partial charge < -0.3 is 10.1 Å². The monoisotopic (exact) mass is 291 g/mol. The number of carbonyl (C=O) groups excluding carboxylic acids is 1. The lowest BCUT2D eigenvalue weighted by Crippen LogP contribution is -2.30. The molecule has 106 valence electrons. The van der Waals surface area contributed by atoms with E-state index in [4.69, 9.17) is 0 Å². The van der Waals surface area contributed by atoms with Gasteiger partial charge in [0.25, 0.3) is 0 Å². The average Bonchev–Trinajstić information content (AvgIpc) is 2.19. The van der Waals surface area contributed by atoms with E-state index < -0.39 is 35.7 Å². The van der Waals surface area contributed by atoms with Crippen molar-refractivity contribution >= 4 is 11.6 Å². The number of rotatable bonds is 2. The van der Waals surface area contributed by atoms with Crippen LogP contribution in [-0.2, 0) is 4.79 Å². The first kappa shape index (κ1) is 15.1. The van der Waals surface area contributed by atoms with Crippen LogP contribution in [0.25, 0.3) is 0 Å². The fourth-order valence-electron chi connectivity index (χ4n) is 1.01. The maximum Gasteiger partial charge on any atom is 0.573 e. The molecule has 0 unspecified atom stereocenters. The number of anilines is 1. The van der Waals surface area contributed by atoms with Crippen LogP contribution in [0.4, 0.5) is 36.4 Å². The van der Waals surface area contributed by atoms with Gasteiger partial charge in [0.05, 0.1) is 5.69 Å². The number of halogens is 7. The van der Waals surface area contributed by atoms with Crippen LogP contribution in [-0.4, -0.2) is 18.4 Å². The Morgan fingerprint density at radius 2 is 1.68 bits per heavy atom. The first-order valence-electron chi connectivity index (χ1n) is 4.42. The molecule has 1 rings (SSSR count). The number of alkyl halides is 6. The number of nitrogens with one attached hydrogen (secondary N) is 1. The van der Waals surface area contributed by atoms with Crippen LogP contribution < -0.4 is 10.1 Å². The molecule has 0 bridgehead atoms. The molecule has 1 N–H and O–H groups in total. The van der Waals surface area contributed by atoms with Crippen molar-refractivity contribution in [2.75, 3.05) is 5.32 Å². The molecule has 0 saturated heterocycles. The third-order valence-electron chi connectivity index (χ3n) is 1.67. The van der Waals surface area contributed by atoms with Crippen molar-refractivity contribution in [3.63, 3.8) is 0 Å². The van der Waals surface area contributed by atoms with Crippen molar-refractivity contribution in [3.8, 4) is 5.75 Å². The molecular weight excluding hydrogens is 287 g/mol. The van der Waals surface area contributed by atoms with E-state index in [0.29, 0.717) is 12.1 Å². The van der Waals surface area contributed by atoms with E-state index in [0.717, 1.165) is 5.32 Å². The lowest BCUT2D eigenvalue weighted by Gasteiger charge is -2.14. The van der Waals surface area contributed by atoms with E-state index in [9.17, 15) is 35.5 Å². The van der Waals surface area contributed by atoms with Crippen molar-refractivity contribution in [1.29, 1.82) is 0 Å². The van der Waals surface area contributed by atoms with Crippen LogP contribution >= 0.6 is 0 Å². The third kappa shape index (κ3) is 4.64. The van der Waals surface area contributed by atoms with Gasteiger partial charge in [-0.25, -0.2) is 4.39 Å². The van der Waals surface area contributed by atoms with Gasteiger partial charge in [-0.1, -0.05) is 0 Å². The van der Waals surface area contributed by atoms with E-state index in [1.54, 1.807) is 0 Å². The highest BCUT2D eigenvalue weighted by atomic mass is 19.4. The highest BCUT2D eigenvalue weighted by Gasteiger charge is 2.40. The Bertz CT molecular complexity index is 480. The molecule has 0 fully saturated rings. The molecule has 0 heterocycles. The van der Waals surface area contributed by atoms with Crippen molar-refractivity contribution in [2.45, 2.75) is 12.5 Å². The van der Waals surface area contributed by atoms with E-state index in [-0.39, 0.29) is 6.07 Å². The highest BCUT2D eigenvalue weighted by molar-refractivity contribution is 5.96. The van der Waals surface area contributed by atoms with Crippen LogP contribution in [0.15, 0.2) is 18.2 Å². The maximum atomic E-state index is 12.8. The lowest BCUT2D eigenvalue weighted by atomic mass is 10.2. The first-order valence-corrected chi connectivity index (χ1v) is 4.42. The van der Waals surface area contributed by atoms with Crippen molar-refractivity contribution in [3.05, 3.63) is 24.0 Å². The largest absolute Gasteiger partial charge is 0.573 e. The minimum atomic E-state index is -5.33. The number of amides is 1. The molecule has 0 spiro atoms. The Balaban J connectivity index is 3.05. The zero-order valence-corrected chi connectivity index (χ0v) is 8.69. The summed E-state index contributed by atoms with van der Waals surface area (Å²) in [6.45, 7) is 0. The van der Waals surface area contributed by atoms with Crippen molar-refractivity contribution in [2.24, 2.45) is 0 Å². The van der Waals surface area contributed by atoms with Gasteiger partial charge in [0.2, 0.25) is 0 Å². The normalized spacial score (nSPS) is 12.2. The topological polar surface area (TPSA) is 38.3 Å². The molecule has 0 aliphatic carbocycles. The molecule has 0 saturated carbocycles. The molecule has 1 aromatic rings. The van der Waals surface area contributed by atoms with Gasteiger partial charge in [-0.2, -0.15) is 13.2 Å². The molecule has 10 heteroatoms. The van der Waals surface area contributed by atoms with E-state index in [2.05, 4.69) is 4.74 Å². The smallest absolute Gasteiger partial charge is 0.404 e. The Morgan fingerprint density at radius 3 is 2.16 bits per heavy atom. The summed E-state index contributed by atoms with van der Waals surface area (Å²) >= 11 is 0. The van der Waals surface area contributed by atoms with Gasteiger partial charge in [-0.3, -0.25) is 4.79 Å². The second-order valence-corrected chi connectivity index (χ2v) is 3.14. The summed E-state index contributed by atoms with van der Waals surface area (Å²) in [4.78, 5) is 10.6. The van der Waals surface area contributed by atoms with E-state index in [1.807, 2.05) is 0 Å². The molecule has 1 amide bonds. The van der Waals surface area contributed by atoms with Crippen LogP contribution in [0.1, 0.15) is 0 Å². The van der Waals surface area contributed by atoms with Crippen LogP contribution in [0, 0.1) is 5.82 Å². The lowest BCUT2D eigenvalue weighted by molar-refractivity contribution is -0.274. The van der Waals surface area contributed by atoms with Gasteiger partial charge in [0, 0.05) is 6.07 Å². The van der Waals surface area contributed by atoms with Crippen molar-refractivity contribution < 1.29 is 40.3 Å². The summed E-state index contributed by atoms with van der Waals surface area (Å²) < 4.78 is 87.7. The molecule has 0 aliphatic heterocycles. The molecule has 19 heavy (non-hydrogen) atoms. The predicted molar refractivity (Wildman–Crippen MR) is 47.8 cm³/mol. The van der Waals surface area contributed by atoms with Gasteiger partial charge >= 0.3 is 18.4 Å². The maximum absolute atomic E-state index is 12.8. The molecule has 0 radical (unpaired) electrons. The fourth-order valence-corrected chi connectivity index (χ4v) is 1.01. The summed E-state index contributed by atoms with van der Waals surface area (Å²) in [5.41, 5.74) is -1.08. The van der Waals surface area contributed by atoms with Gasteiger partial charge in [0.15, 0.2) is 5.75 Å². The number of hydrogen-bond acceptors (Lipinski definition) is 2. The minimum Gasteiger partial charge on any atom is -0.404 e. The summed E-state index contributed by atoms with van der Waals surface area (Å²) in [5.74, 6) is -4.86. The molecule has 0 aromatic heterocycles. The molecule has 0 aliphatic rings. The standard InChI is InChI=1S/C9H4F7NO2/c10-4-1-2-6(19-9(14,15)16)5(3-4)17-7(18)8(11,12)13/h1-3H,(H,17,18). The third-order valence-corrected chi connectivity index (χ3v) is 1.67. The highest BCUT2D eigenvalue weighted by Crippen LogP contribution is 2.32. The molecular formula is C9H4F7NO2. The van der Waals surface area contributed by atoms with E-state index >= 15 is 0 Å². The summed E-state index contributed by atoms with van der Waals surface area (Å²) in [6.07, 6.45) is -10.5. The average molecular weight is 291 g/mol. The van der Waals surface area contributed by atoms with Crippen LogP contribution in [0.3, 0.4) is 0 Å². The quantitative estimate of drug-likeness (QED) is 0.850. The predicted octanol–water partition coefficient (Wildman–Crippen LogP) is 3.23. The number of benzene rings is 1. The molecule has 1 aromatic carbocycles. The van der Waals surface area contributed by atoms with Crippen LogP contribution in [0.2, 0.25) is 0 Å². The molecule has 3 nitrogen and oxygen atoms in total. The number of hydrogen-bond donors (Lipinski definition) is 1. The van der Waals surface area contributed by atoms with Crippen LogP contribution in [0.5, 0.6) is 5.75 Å². The fraction of sp³-hybridized carbons (Fsp3) is 0.222. The first-order chi connectivity index (χ1) is 8.49.